The Morgan fingerprint density at radius 2 is 1.97 bits per heavy atom. The molecule has 0 saturated carbocycles. The van der Waals surface area contributed by atoms with Crippen LogP contribution >= 0.6 is 11.3 Å². The minimum Gasteiger partial charge on any atom is -0.497 e. The van der Waals surface area contributed by atoms with Crippen LogP contribution in [0.3, 0.4) is 0 Å². The fourth-order valence-corrected chi connectivity index (χ4v) is 5.52. The maximum Gasteiger partial charge on any atom is 0.254 e. The molecule has 2 fully saturated rings. The minimum absolute atomic E-state index is 0.0982. The van der Waals surface area contributed by atoms with E-state index in [1.54, 1.807) is 18.4 Å². The van der Waals surface area contributed by atoms with Crippen molar-refractivity contribution in [1.29, 1.82) is 0 Å². The summed E-state index contributed by atoms with van der Waals surface area (Å²) in [6, 6.07) is 7.70. The van der Waals surface area contributed by atoms with Crippen molar-refractivity contribution in [3.05, 3.63) is 45.9 Å². The van der Waals surface area contributed by atoms with E-state index in [-0.39, 0.29) is 17.9 Å². The highest BCUT2D eigenvalue weighted by molar-refractivity contribution is 7.09. The van der Waals surface area contributed by atoms with Crippen molar-refractivity contribution in [3.63, 3.8) is 0 Å². The van der Waals surface area contributed by atoms with Gasteiger partial charge in [0.2, 0.25) is 5.91 Å². The number of aryl methyl sites for hydroxylation is 1. The molecule has 7 heteroatoms. The van der Waals surface area contributed by atoms with E-state index in [2.05, 4.69) is 9.88 Å². The summed E-state index contributed by atoms with van der Waals surface area (Å²) in [7, 11) is 1.62. The summed E-state index contributed by atoms with van der Waals surface area (Å²) in [6.07, 6.45) is 5.56. The van der Waals surface area contributed by atoms with Gasteiger partial charge in [0.25, 0.3) is 5.91 Å². The maximum atomic E-state index is 13.3. The molecule has 1 aromatic heterocycles. The number of piperidine rings is 2. The van der Waals surface area contributed by atoms with Gasteiger partial charge in [-0.3, -0.25) is 9.59 Å². The molecule has 3 heterocycles. The van der Waals surface area contributed by atoms with Crippen LogP contribution in [0.2, 0.25) is 0 Å². The molecular weight excluding hydrogens is 410 g/mol. The van der Waals surface area contributed by atoms with Gasteiger partial charge in [-0.2, -0.15) is 0 Å². The zero-order chi connectivity index (χ0) is 21.8. The number of ether oxygens (including phenoxy) is 1. The quantitative estimate of drug-likeness (QED) is 0.705. The second kappa shape index (κ2) is 9.81. The minimum atomic E-state index is 0.0982. The average Bonchev–Trinajstić information content (AvgIpc) is 3.23. The van der Waals surface area contributed by atoms with Crippen LogP contribution < -0.4 is 4.74 Å². The Balaban J connectivity index is 1.38. The van der Waals surface area contributed by atoms with Gasteiger partial charge in [0.05, 0.1) is 24.2 Å². The smallest absolute Gasteiger partial charge is 0.254 e. The zero-order valence-corrected chi connectivity index (χ0v) is 19.2. The summed E-state index contributed by atoms with van der Waals surface area (Å²) in [4.78, 5) is 34.5. The monoisotopic (exact) mass is 441 g/mol. The van der Waals surface area contributed by atoms with Gasteiger partial charge < -0.3 is 14.5 Å². The van der Waals surface area contributed by atoms with Crippen LogP contribution in [0.25, 0.3) is 0 Å². The van der Waals surface area contributed by atoms with Gasteiger partial charge in [-0.05, 0) is 63.1 Å². The first-order chi connectivity index (χ1) is 15.0. The third kappa shape index (κ3) is 5.09. The Labute approximate surface area is 188 Å². The lowest BCUT2D eigenvalue weighted by Gasteiger charge is -2.43. The summed E-state index contributed by atoms with van der Waals surface area (Å²) >= 11 is 1.59. The highest BCUT2D eigenvalue weighted by atomic mass is 32.1. The van der Waals surface area contributed by atoms with E-state index in [0.717, 1.165) is 62.4 Å². The van der Waals surface area contributed by atoms with Crippen molar-refractivity contribution in [2.24, 2.45) is 5.92 Å². The largest absolute Gasteiger partial charge is 0.497 e. The van der Waals surface area contributed by atoms with Gasteiger partial charge in [0.15, 0.2) is 0 Å². The van der Waals surface area contributed by atoms with Crippen LogP contribution in [0.1, 0.15) is 53.2 Å². The Hall–Kier alpha value is -2.41. The molecule has 166 valence electrons. The summed E-state index contributed by atoms with van der Waals surface area (Å²) in [6.45, 7) is 4.31. The highest BCUT2D eigenvalue weighted by Crippen LogP contribution is 2.32. The summed E-state index contributed by atoms with van der Waals surface area (Å²) < 4.78 is 5.30. The third-order valence-corrected chi connectivity index (χ3v) is 7.38. The molecule has 31 heavy (non-hydrogen) atoms. The van der Waals surface area contributed by atoms with Gasteiger partial charge in [-0.15, -0.1) is 11.3 Å². The second-order valence-electron chi connectivity index (χ2n) is 8.55. The van der Waals surface area contributed by atoms with Crippen LogP contribution in [0.15, 0.2) is 29.6 Å². The van der Waals surface area contributed by atoms with Crippen LogP contribution in [0.5, 0.6) is 5.75 Å². The lowest BCUT2D eigenvalue weighted by molar-refractivity contribution is -0.132. The van der Waals surface area contributed by atoms with Gasteiger partial charge in [0.1, 0.15) is 5.75 Å². The first-order valence-electron chi connectivity index (χ1n) is 11.2. The van der Waals surface area contributed by atoms with Crippen molar-refractivity contribution in [2.75, 3.05) is 26.7 Å². The molecule has 4 rings (SSSR count). The molecule has 1 aromatic carbocycles. The number of hydrogen-bond donors (Lipinski definition) is 0. The molecule has 2 aliphatic rings. The Bertz CT molecular complexity index is 920. The van der Waals surface area contributed by atoms with E-state index in [9.17, 15) is 9.59 Å². The molecule has 0 bridgehead atoms. The van der Waals surface area contributed by atoms with Crippen LogP contribution in [-0.4, -0.2) is 59.4 Å². The number of aromatic nitrogens is 1. The van der Waals surface area contributed by atoms with E-state index in [0.29, 0.717) is 23.7 Å². The number of carbonyl (C=O) groups is 2. The van der Waals surface area contributed by atoms with Crippen molar-refractivity contribution in [2.45, 2.75) is 51.5 Å². The highest BCUT2D eigenvalue weighted by Gasteiger charge is 2.36. The molecular formula is C24H31N3O3S. The molecule has 2 amide bonds. The molecule has 6 nitrogen and oxygen atoms in total. The lowest BCUT2D eigenvalue weighted by atomic mass is 9.83. The Morgan fingerprint density at radius 3 is 2.68 bits per heavy atom. The molecule has 0 N–H and O–H groups in total. The molecule has 2 saturated heterocycles. The standard InChI is InChI=1S/C24H31N3O3S/c1-17-25-20(16-31-17)15-23(28)26-12-9-18(10-13-26)22-8-3-4-11-27(22)24(29)19-6-5-7-21(14-19)30-2/h5-7,14,16,18,22H,3-4,8-13,15H2,1-2H3/t22-/m0/s1. The molecule has 0 aliphatic carbocycles. The zero-order valence-electron chi connectivity index (χ0n) is 18.4. The van der Waals surface area contributed by atoms with Crippen LogP contribution in [-0.2, 0) is 11.2 Å². The number of likely N-dealkylation sites (tertiary alicyclic amines) is 2. The molecule has 2 aromatic rings. The fourth-order valence-electron chi connectivity index (χ4n) is 4.91. The number of carbonyl (C=O) groups excluding carboxylic acids is 2. The summed E-state index contributed by atoms with van der Waals surface area (Å²) in [5, 5.41) is 2.98. The topological polar surface area (TPSA) is 62.7 Å². The summed E-state index contributed by atoms with van der Waals surface area (Å²) in [5.41, 5.74) is 1.56. The number of methoxy groups -OCH3 is 1. The SMILES string of the molecule is COc1cccc(C(=O)N2CCCC[C@H]2C2CCN(C(=O)Cc3csc(C)n3)CC2)c1. The lowest BCUT2D eigenvalue weighted by Crippen LogP contribution is -2.51. The molecule has 1 atom stereocenters. The Morgan fingerprint density at radius 1 is 1.16 bits per heavy atom. The number of hydrogen-bond acceptors (Lipinski definition) is 5. The van der Waals surface area contributed by atoms with Gasteiger partial charge >= 0.3 is 0 Å². The second-order valence-corrected chi connectivity index (χ2v) is 9.61. The average molecular weight is 442 g/mol. The first-order valence-corrected chi connectivity index (χ1v) is 12.1. The normalized spacial score (nSPS) is 20.0. The number of rotatable bonds is 5. The van der Waals surface area contributed by atoms with Crippen molar-refractivity contribution >= 4 is 23.2 Å². The van der Waals surface area contributed by atoms with Crippen LogP contribution in [0, 0.1) is 12.8 Å². The fraction of sp³-hybridized carbons (Fsp3) is 0.542. The molecule has 0 spiro atoms. The van der Waals surface area contributed by atoms with Gasteiger partial charge in [-0.25, -0.2) is 4.98 Å². The number of thiazole rings is 1. The number of benzene rings is 1. The van der Waals surface area contributed by atoms with E-state index < -0.39 is 0 Å². The van der Waals surface area contributed by atoms with E-state index >= 15 is 0 Å². The molecule has 0 radical (unpaired) electrons. The van der Waals surface area contributed by atoms with Crippen molar-refractivity contribution in [3.8, 4) is 5.75 Å². The van der Waals surface area contributed by atoms with E-state index in [1.807, 2.05) is 41.5 Å². The molecule has 2 aliphatic heterocycles. The maximum absolute atomic E-state index is 13.3. The van der Waals surface area contributed by atoms with Crippen molar-refractivity contribution in [1.82, 2.24) is 14.8 Å². The predicted octanol–water partition coefficient (Wildman–Crippen LogP) is 3.94. The molecule has 0 unspecified atom stereocenters. The first kappa shape index (κ1) is 21.8. The van der Waals surface area contributed by atoms with E-state index in [4.69, 9.17) is 4.74 Å². The van der Waals surface area contributed by atoms with Crippen LogP contribution in [0.4, 0.5) is 0 Å². The predicted molar refractivity (Wildman–Crippen MR) is 122 cm³/mol. The van der Waals surface area contributed by atoms with E-state index in [1.165, 1.54) is 0 Å². The van der Waals surface area contributed by atoms with Gasteiger partial charge in [-0.1, -0.05) is 6.07 Å². The van der Waals surface area contributed by atoms with Gasteiger partial charge in [0, 0.05) is 36.6 Å². The number of nitrogens with zero attached hydrogens (tertiary/aromatic N) is 3. The van der Waals surface area contributed by atoms with Crippen molar-refractivity contribution < 1.29 is 14.3 Å². The Kier molecular flexibility index (Phi) is 6.90. The third-order valence-electron chi connectivity index (χ3n) is 6.56. The number of amides is 2. The summed E-state index contributed by atoms with van der Waals surface area (Å²) in [5.74, 6) is 1.42.